The molecule has 1 aromatic carbocycles. The maximum atomic E-state index is 10.7. The Kier molecular flexibility index (Phi) is 5.57. The van der Waals surface area contributed by atoms with Gasteiger partial charge in [0.1, 0.15) is 0 Å². The predicted molar refractivity (Wildman–Crippen MR) is 65.8 cm³/mol. The van der Waals surface area contributed by atoms with Crippen LogP contribution in [-0.4, -0.2) is 30.4 Å². The number of rotatable bonds is 7. The monoisotopic (exact) mass is 219 g/mol. The fourth-order valence-electron chi connectivity index (χ4n) is 1.47. The summed E-state index contributed by atoms with van der Waals surface area (Å²) in [6, 6.07) is 10.2. The molecule has 0 aliphatic carbocycles. The van der Waals surface area contributed by atoms with E-state index in [9.17, 15) is 4.79 Å². The lowest BCUT2D eigenvalue weighted by Gasteiger charge is -2.19. The van der Waals surface area contributed by atoms with Crippen molar-refractivity contribution in [1.29, 1.82) is 0 Å². The highest BCUT2D eigenvalue weighted by Crippen LogP contribution is 2.03. The number of hydrogen-bond donors (Lipinski definition) is 1. The molecule has 1 amide bonds. The maximum absolute atomic E-state index is 10.7. The minimum absolute atomic E-state index is 0.238. The van der Waals surface area contributed by atoms with Crippen molar-refractivity contribution in [2.75, 3.05) is 19.6 Å². The summed E-state index contributed by atoms with van der Waals surface area (Å²) in [4.78, 5) is 12.9. The van der Waals surface area contributed by atoms with Gasteiger partial charge in [-0.2, -0.15) is 0 Å². The molecule has 0 aromatic heterocycles. The second-order valence-electron chi connectivity index (χ2n) is 3.72. The van der Waals surface area contributed by atoms with Gasteiger partial charge in [-0.3, -0.25) is 4.79 Å². The van der Waals surface area contributed by atoms with Crippen LogP contribution < -0.4 is 5.73 Å². The Bertz CT molecular complexity index is 311. The lowest BCUT2D eigenvalue weighted by molar-refractivity contribution is -0.118. The van der Waals surface area contributed by atoms with E-state index >= 15 is 0 Å². The third-order valence-electron chi connectivity index (χ3n) is 2.51. The van der Waals surface area contributed by atoms with Gasteiger partial charge < -0.3 is 10.6 Å². The first-order chi connectivity index (χ1) is 7.72. The molecule has 0 fully saturated rings. The van der Waals surface area contributed by atoms with Crippen LogP contribution in [0.5, 0.6) is 0 Å². The summed E-state index contributed by atoms with van der Waals surface area (Å²) in [6.07, 6.45) is 2.58. The summed E-state index contributed by atoms with van der Waals surface area (Å²) < 4.78 is 0. The van der Waals surface area contributed by atoms with Crippen molar-refractivity contribution in [3.8, 4) is 0 Å². The van der Waals surface area contributed by atoms with E-state index in [0.717, 1.165) is 19.6 Å². The lowest BCUT2D eigenvalue weighted by atomic mass is 10.1. The molecule has 0 atom stereocenters. The van der Waals surface area contributed by atoms with Gasteiger partial charge >= 0.3 is 0 Å². The maximum Gasteiger partial charge on any atom is 0.218 e. The average Bonchev–Trinajstić information content (AvgIpc) is 2.30. The fourth-order valence-corrected chi connectivity index (χ4v) is 1.47. The molecule has 3 nitrogen and oxygen atoms in total. The second-order valence-corrected chi connectivity index (χ2v) is 3.72. The molecule has 0 heterocycles. The van der Waals surface area contributed by atoms with Crippen molar-refractivity contribution < 1.29 is 4.79 Å². The van der Waals surface area contributed by atoms with Crippen molar-refractivity contribution in [2.24, 2.45) is 5.73 Å². The van der Waals surface area contributed by atoms with Crippen LogP contribution in [-0.2, 0) is 4.79 Å². The highest BCUT2D eigenvalue weighted by Gasteiger charge is 2.04. The Hall–Kier alpha value is -1.35. The molecule has 0 saturated carbocycles. The molecule has 3 heteroatoms. The van der Waals surface area contributed by atoms with E-state index in [1.807, 2.05) is 18.2 Å². The Morgan fingerprint density at radius 2 is 2.06 bits per heavy atom. The highest BCUT2D eigenvalue weighted by atomic mass is 16.1. The van der Waals surface area contributed by atoms with Crippen LogP contribution in [0.1, 0.15) is 18.9 Å². The van der Waals surface area contributed by atoms with Gasteiger partial charge in [0.15, 0.2) is 0 Å². The van der Waals surface area contributed by atoms with Crippen LogP contribution in [0.2, 0.25) is 0 Å². The first kappa shape index (κ1) is 12.7. The number of hydrogen-bond acceptors (Lipinski definition) is 2. The van der Waals surface area contributed by atoms with Crippen LogP contribution in [0.3, 0.4) is 0 Å². The third kappa shape index (κ3) is 4.94. The highest BCUT2D eigenvalue weighted by molar-refractivity contribution is 5.73. The third-order valence-corrected chi connectivity index (χ3v) is 2.51. The zero-order valence-electron chi connectivity index (χ0n) is 9.73. The lowest BCUT2D eigenvalue weighted by Crippen LogP contribution is -2.29. The standard InChI is InChI=1S/C13H19N2O/c1-2-15(11-9-13(14)16)10-8-12-6-4-3-5-7-12/h3-8H,2,9-11H2,1H3,(H2,14,16). The number of carbonyl (C=O) groups is 1. The van der Waals surface area contributed by atoms with E-state index < -0.39 is 0 Å². The number of amides is 1. The van der Waals surface area contributed by atoms with Gasteiger partial charge in [0.05, 0.1) is 0 Å². The van der Waals surface area contributed by atoms with Crippen molar-refractivity contribution in [3.63, 3.8) is 0 Å². The zero-order chi connectivity index (χ0) is 11.8. The minimum Gasteiger partial charge on any atom is -0.370 e. The Morgan fingerprint density at radius 3 is 2.62 bits per heavy atom. The molecule has 0 saturated heterocycles. The van der Waals surface area contributed by atoms with Gasteiger partial charge in [0.25, 0.3) is 0 Å². The van der Waals surface area contributed by atoms with Crippen LogP contribution in [0, 0.1) is 6.42 Å². The average molecular weight is 219 g/mol. The molecule has 1 aromatic rings. The van der Waals surface area contributed by atoms with E-state index in [2.05, 4.69) is 30.4 Å². The summed E-state index contributed by atoms with van der Waals surface area (Å²) >= 11 is 0. The molecule has 1 rings (SSSR count). The number of primary amides is 1. The molecule has 0 aliphatic heterocycles. The minimum atomic E-state index is -0.238. The van der Waals surface area contributed by atoms with Crippen LogP contribution in [0.25, 0.3) is 0 Å². The van der Waals surface area contributed by atoms with Gasteiger partial charge in [0, 0.05) is 25.9 Å². The summed E-state index contributed by atoms with van der Waals surface area (Å²) in [6.45, 7) is 4.60. The predicted octanol–water partition coefficient (Wildman–Crippen LogP) is 1.44. The smallest absolute Gasteiger partial charge is 0.218 e. The molecule has 0 unspecified atom stereocenters. The van der Waals surface area contributed by atoms with Gasteiger partial charge in [-0.05, 0) is 12.1 Å². The molecule has 2 N–H and O–H groups in total. The van der Waals surface area contributed by atoms with E-state index in [0.29, 0.717) is 6.42 Å². The largest absolute Gasteiger partial charge is 0.370 e. The summed E-state index contributed by atoms with van der Waals surface area (Å²) in [5, 5.41) is 0. The summed E-state index contributed by atoms with van der Waals surface area (Å²) in [5.74, 6) is -0.238. The van der Waals surface area contributed by atoms with Crippen molar-refractivity contribution in [1.82, 2.24) is 4.90 Å². The normalized spacial score (nSPS) is 10.6. The molecule has 0 aliphatic rings. The van der Waals surface area contributed by atoms with Crippen LogP contribution in [0.15, 0.2) is 30.3 Å². The van der Waals surface area contributed by atoms with Crippen molar-refractivity contribution in [3.05, 3.63) is 42.3 Å². The first-order valence-corrected chi connectivity index (χ1v) is 5.61. The summed E-state index contributed by atoms with van der Waals surface area (Å²) in [7, 11) is 0. The molecule has 16 heavy (non-hydrogen) atoms. The van der Waals surface area contributed by atoms with Crippen LogP contribution >= 0.6 is 0 Å². The Morgan fingerprint density at radius 1 is 1.38 bits per heavy atom. The number of nitrogens with zero attached hydrogens (tertiary/aromatic N) is 1. The fraction of sp³-hybridized carbons (Fsp3) is 0.385. The molecule has 0 bridgehead atoms. The van der Waals surface area contributed by atoms with Gasteiger partial charge in [-0.15, -0.1) is 0 Å². The Labute approximate surface area is 97.2 Å². The topological polar surface area (TPSA) is 46.3 Å². The molecule has 0 spiro atoms. The number of carbonyl (C=O) groups excluding carboxylic acids is 1. The van der Waals surface area contributed by atoms with E-state index in [-0.39, 0.29) is 5.91 Å². The van der Waals surface area contributed by atoms with E-state index in [4.69, 9.17) is 5.73 Å². The van der Waals surface area contributed by atoms with Gasteiger partial charge in [-0.1, -0.05) is 37.3 Å². The molecule has 1 radical (unpaired) electrons. The molecular weight excluding hydrogens is 200 g/mol. The number of benzene rings is 1. The number of likely N-dealkylation sites (N-methyl/N-ethyl adjacent to an activating group) is 1. The molecular formula is C13H19N2O. The number of nitrogens with two attached hydrogens (primary N) is 1. The SMILES string of the molecule is CCN(C[CH]c1ccccc1)CCC(N)=O. The quantitative estimate of drug-likeness (QED) is 0.754. The van der Waals surface area contributed by atoms with Crippen molar-refractivity contribution in [2.45, 2.75) is 13.3 Å². The zero-order valence-corrected chi connectivity index (χ0v) is 9.73. The van der Waals surface area contributed by atoms with Gasteiger partial charge in [0.2, 0.25) is 5.91 Å². The van der Waals surface area contributed by atoms with Crippen molar-refractivity contribution >= 4 is 5.91 Å². The van der Waals surface area contributed by atoms with E-state index in [1.165, 1.54) is 5.56 Å². The Balaban J connectivity index is 2.31. The van der Waals surface area contributed by atoms with Crippen LogP contribution in [0.4, 0.5) is 0 Å². The molecule has 87 valence electrons. The first-order valence-electron chi connectivity index (χ1n) is 5.61. The summed E-state index contributed by atoms with van der Waals surface area (Å²) in [5.41, 5.74) is 6.34. The second kappa shape index (κ2) is 7.01. The van der Waals surface area contributed by atoms with E-state index in [1.54, 1.807) is 0 Å². The van der Waals surface area contributed by atoms with Gasteiger partial charge in [-0.25, -0.2) is 0 Å².